The third kappa shape index (κ3) is 2.46. The van der Waals surface area contributed by atoms with E-state index in [-0.39, 0.29) is 5.56 Å². The van der Waals surface area contributed by atoms with Crippen LogP contribution in [0.15, 0.2) is 27.9 Å². The van der Waals surface area contributed by atoms with Crippen LogP contribution in [0, 0.1) is 6.92 Å². The Morgan fingerprint density at radius 1 is 1.47 bits per heavy atom. The predicted molar refractivity (Wildman–Crippen MR) is 67.8 cm³/mol. The lowest BCUT2D eigenvalue weighted by Crippen LogP contribution is -2.23. The van der Waals surface area contributed by atoms with Crippen molar-refractivity contribution in [3.8, 4) is 0 Å². The normalized spacial score (nSPS) is 10.8. The molecule has 0 spiro atoms. The van der Waals surface area contributed by atoms with E-state index in [1.807, 2.05) is 17.8 Å². The summed E-state index contributed by atoms with van der Waals surface area (Å²) in [5.41, 5.74) is 1.76. The van der Waals surface area contributed by atoms with Crippen LogP contribution in [0.25, 0.3) is 0 Å². The average molecular weight is 297 g/mol. The van der Waals surface area contributed by atoms with E-state index < -0.39 is 0 Å². The molecule has 2 aromatic heterocycles. The van der Waals surface area contributed by atoms with Crippen LogP contribution in [0.1, 0.15) is 11.4 Å². The first-order valence-corrected chi connectivity index (χ1v) is 6.07. The molecule has 6 heteroatoms. The summed E-state index contributed by atoms with van der Waals surface area (Å²) < 4.78 is 3.94. The van der Waals surface area contributed by atoms with E-state index in [1.165, 1.54) is 0 Å². The molecular formula is C11H13BrN4O. The summed E-state index contributed by atoms with van der Waals surface area (Å²) in [4.78, 5) is 16.0. The molecule has 0 saturated carbocycles. The van der Waals surface area contributed by atoms with Crippen molar-refractivity contribution in [3.63, 3.8) is 0 Å². The van der Waals surface area contributed by atoms with Gasteiger partial charge in [0.1, 0.15) is 4.47 Å². The Hall–Kier alpha value is -1.43. The average Bonchev–Trinajstić information content (AvgIpc) is 2.71. The van der Waals surface area contributed by atoms with Crippen molar-refractivity contribution in [1.29, 1.82) is 0 Å². The minimum Gasteiger partial charge on any atom is -0.298 e. The first-order valence-electron chi connectivity index (χ1n) is 5.28. The summed E-state index contributed by atoms with van der Waals surface area (Å²) in [5.74, 6) is 0. The van der Waals surface area contributed by atoms with E-state index in [2.05, 4.69) is 26.0 Å². The van der Waals surface area contributed by atoms with Gasteiger partial charge in [0.2, 0.25) is 0 Å². The molecule has 0 unspecified atom stereocenters. The third-order valence-corrected chi connectivity index (χ3v) is 3.60. The number of halogens is 1. The van der Waals surface area contributed by atoms with Crippen molar-refractivity contribution in [2.75, 3.05) is 0 Å². The highest BCUT2D eigenvalue weighted by Gasteiger charge is 2.06. The highest BCUT2D eigenvalue weighted by Crippen LogP contribution is 2.06. The molecule has 2 rings (SSSR count). The third-order valence-electron chi connectivity index (χ3n) is 2.69. The van der Waals surface area contributed by atoms with Crippen LogP contribution in [0.3, 0.4) is 0 Å². The monoisotopic (exact) mass is 296 g/mol. The summed E-state index contributed by atoms with van der Waals surface area (Å²) in [6.07, 6.45) is 4.09. The maximum absolute atomic E-state index is 11.9. The van der Waals surface area contributed by atoms with Crippen LogP contribution in [-0.4, -0.2) is 19.3 Å². The second kappa shape index (κ2) is 4.83. The van der Waals surface area contributed by atoms with Crippen LogP contribution in [0.5, 0.6) is 0 Å². The Morgan fingerprint density at radius 3 is 2.88 bits per heavy atom. The molecule has 0 bridgehead atoms. The zero-order valence-corrected chi connectivity index (χ0v) is 11.3. The Labute approximate surface area is 107 Å². The van der Waals surface area contributed by atoms with Crippen LogP contribution < -0.4 is 5.56 Å². The van der Waals surface area contributed by atoms with Gasteiger partial charge >= 0.3 is 0 Å². The molecule has 0 saturated heterocycles. The molecule has 0 aliphatic heterocycles. The Kier molecular flexibility index (Phi) is 3.42. The highest BCUT2D eigenvalue weighted by atomic mass is 79.9. The van der Waals surface area contributed by atoms with Crippen LogP contribution in [0.2, 0.25) is 0 Å². The van der Waals surface area contributed by atoms with Crippen molar-refractivity contribution < 1.29 is 0 Å². The van der Waals surface area contributed by atoms with E-state index in [9.17, 15) is 4.79 Å². The summed E-state index contributed by atoms with van der Waals surface area (Å²) in [5, 5.41) is 4.09. The molecule has 17 heavy (non-hydrogen) atoms. The highest BCUT2D eigenvalue weighted by molar-refractivity contribution is 9.10. The van der Waals surface area contributed by atoms with Crippen LogP contribution in [0.4, 0.5) is 0 Å². The van der Waals surface area contributed by atoms with Crippen LogP contribution in [-0.2, 0) is 20.0 Å². The minimum absolute atomic E-state index is 0.0420. The number of aromatic nitrogens is 4. The van der Waals surface area contributed by atoms with Crippen molar-refractivity contribution in [2.24, 2.45) is 7.05 Å². The summed E-state index contributed by atoms with van der Waals surface area (Å²) in [6, 6.07) is 1.95. The Balaban J connectivity index is 2.18. The van der Waals surface area contributed by atoms with Crippen molar-refractivity contribution in [1.82, 2.24) is 19.3 Å². The Bertz CT molecular complexity index is 587. The maximum atomic E-state index is 11.9. The summed E-state index contributed by atoms with van der Waals surface area (Å²) >= 11 is 3.25. The van der Waals surface area contributed by atoms with Crippen molar-refractivity contribution >= 4 is 15.9 Å². The van der Waals surface area contributed by atoms with Gasteiger partial charge in [0.15, 0.2) is 0 Å². The lowest BCUT2D eigenvalue weighted by Gasteiger charge is -2.07. The fourth-order valence-corrected chi connectivity index (χ4v) is 1.92. The van der Waals surface area contributed by atoms with Crippen molar-refractivity contribution in [2.45, 2.75) is 19.9 Å². The van der Waals surface area contributed by atoms with Gasteiger partial charge < -0.3 is 0 Å². The van der Waals surface area contributed by atoms with E-state index in [4.69, 9.17) is 0 Å². The summed E-state index contributed by atoms with van der Waals surface area (Å²) in [6.45, 7) is 2.40. The zero-order chi connectivity index (χ0) is 12.4. The molecule has 0 aliphatic rings. The van der Waals surface area contributed by atoms with E-state index in [1.54, 1.807) is 24.0 Å². The lowest BCUT2D eigenvalue weighted by atomic mass is 10.3. The summed E-state index contributed by atoms with van der Waals surface area (Å²) in [7, 11) is 1.89. The first kappa shape index (κ1) is 12.0. The molecule has 0 radical (unpaired) electrons. The predicted octanol–water partition coefficient (Wildman–Crippen LogP) is 1.29. The zero-order valence-electron chi connectivity index (χ0n) is 9.72. The van der Waals surface area contributed by atoms with Gasteiger partial charge in [-0.25, -0.2) is 4.98 Å². The fourth-order valence-electron chi connectivity index (χ4n) is 1.59. The van der Waals surface area contributed by atoms with Gasteiger partial charge in [-0.1, -0.05) is 0 Å². The second-order valence-electron chi connectivity index (χ2n) is 3.84. The number of nitrogens with zero attached hydrogens (tertiary/aromatic N) is 4. The molecule has 0 aliphatic carbocycles. The molecule has 90 valence electrons. The Morgan fingerprint density at radius 2 is 2.24 bits per heavy atom. The molecule has 5 nitrogen and oxygen atoms in total. The van der Waals surface area contributed by atoms with Gasteiger partial charge in [0, 0.05) is 31.9 Å². The molecular weight excluding hydrogens is 284 g/mol. The topological polar surface area (TPSA) is 52.7 Å². The number of rotatable bonds is 3. The second-order valence-corrected chi connectivity index (χ2v) is 4.63. The fraction of sp³-hybridized carbons (Fsp3) is 0.364. The van der Waals surface area contributed by atoms with Gasteiger partial charge in [-0.3, -0.25) is 14.0 Å². The van der Waals surface area contributed by atoms with Crippen LogP contribution >= 0.6 is 15.9 Å². The number of hydrogen-bond donors (Lipinski definition) is 0. The quantitative estimate of drug-likeness (QED) is 0.858. The number of hydrogen-bond acceptors (Lipinski definition) is 3. The number of aryl methyl sites for hydroxylation is 4. The van der Waals surface area contributed by atoms with Gasteiger partial charge in [0.05, 0.1) is 12.0 Å². The standard InChI is InChI=1S/C11H13BrN4O/c1-8-10(12)11(17)16(7-13-8)6-4-9-3-5-14-15(9)2/h3,5,7H,4,6H2,1-2H3. The molecule has 2 heterocycles. The molecule has 0 fully saturated rings. The van der Waals surface area contributed by atoms with E-state index >= 15 is 0 Å². The van der Waals surface area contributed by atoms with Gasteiger partial charge in [-0.15, -0.1) is 0 Å². The van der Waals surface area contributed by atoms with Gasteiger partial charge in [0.25, 0.3) is 5.56 Å². The van der Waals surface area contributed by atoms with E-state index in [0.29, 0.717) is 16.7 Å². The largest absolute Gasteiger partial charge is 0.298 e. The molecule has 0 amide bonds. The molecule has 2 aromatic rings. The lowest BCUT2D eigenvalue weighted by molar-refractivity contribution is 0.610. The molecule has 0 N–H and O–H groups in total. The van der Waals surface area contributed by atoms with Crippen molar-refractivity contribution in [3.05, 3.63) is 44.8 Å². The SMILES string of the molecule is Cc1ncn(CCc2ccnn2C)c(=O)c1Br. The van der Waals surface area contributed by atoms with Gasteiger partial charge in [-0.2, -0.15) is 5.10 Å². The minimum atomic E-state index is -0.0420. The molecule has 0 atom stereocenters. The first-order chi connectivity index (χ1) is 8.09. The smallest absolute Gasteiger partial charge is 0.267 e. The van der Waals surface area contributed by atoms with Gasteiger partial charge in [-0.05, 0) is 28.9 Å². The van der Waals surface area contributed by atoms with E-state index in [0.717, 1.165) is 12.1 Å². The molecule has 0 aromatic carbocycles. The maximum Gasteiger partial charge on any atom is 0.267 e.